The first-order chi connectivity index (χ1) is 12.4. The summed E-state index contributed by atoms with van der Waals surface area (Å²) in [7, 11) is 0. The van der Waals surface area contributed by atoms with E-state index in [9.17, 15) is 9.18 Å². The Kier molecular flexibility index (Phi) is 5.47. The van der Waals surface area contributed by atoms with Crippen molar-refractivity contribution in [1.29, 1.82) is 0 Å². The molecule has 0 radical (unpaired) electrons. The van der Waals surface area contributed by atoms with Crippen molar-refractivity contribution in [3.8, 4) is 17.5 Å². The van der Waals surface area contributed by atoms with Gasteiger partial charge in [-0.3, -0.25) is 9.36 Å². The van der Waals surface area contributed by atoms with Gasteiger partial charge in [-0.1, -0.05) is 35.2 Å². The van der Waals surface area contributed by atoms with Crippen LogP contribution in [0.2, 0.25) is 10.0 Å². The first-order valence-electron chi connectivity index (χ1n) is 7.39. The summed E-state index contributed by atoms with van der Waals surface area (Å²) < 4.78 is 14.5. The number of hydrogen-bond acceptors (Lipinski definition) is 2. The zero-order chi connectivity index (χ0) is 18.8. The van der Waals surface area contributed by atoms with Crippen LogP contribution in [0.4, 0.5) is 4.39 Å². The Bertz CT molecular complexity index is 1100. The summed E-state index contributed by atoms with van der Waals surface area (Å²) in [6.45, 7) is 1.66. The highest BCUT2D eigenvalue weighted by molar-refractivity contribution is 9.10. The Morgan fingerprint density at radius 3 is 2.31 bits per heavy atom. The van der Waals surface area contributed by atoms with E-state index < -0.39 is 0 Å². The molecule has 0 amide bonds. The lowest BCUT2D eigenvalue weighted by Gasteiger charge is -2.13. The minimum Gasteiger partial charge on any atom is -0.268 e. The standard InChI is InChI=1S/C19H10BrCl2FN2O/c1-11-24-16(10-7-12-5-8-13(23)9-6-12)17(20)19(26)25(11)18-14(21)3-2-4-15(18)22/h2-6,8-9H,1H3. The Labute approximate surface area is 167 Å². The second-order valence-corrected chi connectivity index (χ2v) is 6.90. The zero-order valence-electron chi connectivity index (χ0n) is 13.4. The molecule has 0 spiro atoms. The average molecular weight is 452 g/mol. The van der Waals surface area contributed by atoms with Gasteiger partial charge in [0.25, 0.3) is 5.56 Å². The molecule has 3 rings (SSSR count). The molecule has 1 heterocycles. The van der Waals surface area contributed by atoms with E-state index in [1.807, 2.05) is 0 Å². The number of benzene rings is 2. The summed E-state index contributed by atoms with van der Waals surface area (Å²) in [5.41, 5.74) is 0.868. The minimum absolute atomic E-state index is 0.189. The van der Waals surface area contributed by atoms with E-state index in [0.29, 0.717) is 27.1 Å². The van der Waals surface area contributed by atoms with Crippen LogP contribution in [0.5, 0.6) is 0 Å². The molecule has 3 aromatic rings. The highest BCUT2D eigenvalue weighted by atomic mass is 79.9. The molecular formula is C19H10BrCl2FN2O. The Morgan fingerprint density at radius 1 is 1.08 bits per heavy atom. The highest BCUT2D eigenvalue weighted by Gasteiger charge is 2.17. The third-order valence-corrected chi connectivity index (χ3v) is 4.85. The second-order valence-electron chi connectivity index (χ2n) is 5.29. The van der Waals surface area contributed by atoms with E-state index in [1.165, 1.54) is 16.7 Å². The molecule has 0 aliphatic carbocycles. The molecule has 0 N–H and O–H groups in total. The molecular weight excluding hydrogens is 442 g/mol. The van der Waals surface area contributed by atoms with Gasteiger partial charge in [-0.25, -0.2) is 9.37 Å². The summed E-state index contributed by atoms with van der Waals surface area (Å²) in [4.78, 5) is 17.2. The van der Waals surface area contributed by atoms with Crippen LogP contribution in [0.3, 0.4) is 0 Å². The third kappa shape index (κ3) is 3.68. The molecule has 0 saturated carbocycles. The smallest absolute Gasteiger partial charge is 0.268 e. The quantitative estimate of drug-likeness (QED) is 0.479. The fourth-order valence-corrected chi connectivity index (χ4v) is 3.25. The van der Waals surface area contributed by atoms with Crippen LogP contribution in [0.1, 0.15) is 17.1 Å². The van der Waals surface area contributed by atoms with Crippen molar-refractivity contribution in [3.05, 3.63) is 90.2 Å². The number of hydrogen-bond donors (Lipinski definition) is 0. The lowest BCUT2D eigenvalue weighted by atomic mass is 10.2. The van der Waals surface area contributed by atoms with Crippen LogP contribution in [0.15, 0.2) is 51.7 Å². The summed E-state index contributed by atoms with van der Waals surface area (Å²) in [5, 5.41) is 0.670. The molecule has 0 aliphatic rings. The SMILES string of the molecule is Cc1nc(C#Cc2ccc(F)cc2)c(Br)c(=O)n1-c1c(Cl)cccc1Cl. The lowest BCUT2D eigenvalue weighted by Crippen LogP contribution is -2.24. The second kappa shape index (κ2) is 7.63. The number of halogens is 4. The maximum absolute atomic E-state index is 13.0. The number of aromatic nitrogens is 2. The normalized spacial score (nSPS) is 10.3. The fourth-order valence-electron chi connectivity index (χ4n) is 2.32. The van der Waals surface area contributed by atoms with Gasteiger partial charge in [-0.2, -0.15) is 0 Å². The summed E-state index contributed by atoms with van der Waals surface area (Å²) in [5.74, 6) is 5.73. The van der Waals surface area contributed by atoms with E-state index in [4.69, 9.17) is 23.2 Å². The molecule has 0 atom stereocenters. The predicted molar refractivity (Wildman–Crippen MR) is 105 cm³/mol. The topological polar surface area (TPSA) is 34.9 Å². The Morgan fingerprint density at radius 2 is 1.69 bits per heavy atom. The first kappa shape index (κ1) is 18.7. The van der Waals surface area contributed by atoms with E-state index in [2.05, 4.69) is 32.8 Å². The number of para-hydroxylation sites is 1. The number of rotatable bonds is 1. The molecule has 26 heavy (non-hydrogen) atoms. The van der Waals surface area contributed by atoms with Gasteiger partial charge in [0.15, 0.2) is 0 Å². The van der Waals surface area contributed by atoms with Crippen molar-refractivity contribution >= 4 is 39.1 Å². The Hall–Kier alpha value is -2.13. The Balaban J connectivity index is 2.13. The van der Waals surface area contributed by atoms with Crippen molar-refractivity contribution in [2.45, 2.75) is 6.92 Å². The predicted octanol–water partition coefficient (Wildman–Crippen LogP) is 5.15. The van der Waals surface area contributed by atoms with Crippen molar-refractivity contribution < 1.29 is 4.39 Å². The van der Waals surface area contributed by atoms with Gasteiger partial charge < -0.3 is 0 Å². The van der Waals surface area contributed by atoms with Gasteiger partial charge >= 0.3 is 0 Å². The minimum atomic E-state index is -0.379. The molecule has 0 saturated heterocycles. The van der Waals surface area contributed by atoms with E-state index in [-0.39, 0.29) is 21.5 Å². The van der Waals surface area contributed by atoms with Crippen LogP contribution in [-0.4, -0.2) is 9.55 Å². The fraction of sp³-hybridized carbons (Fsp3) is 0.0526. The van der Waals surface area contributed by atoms with Gasteiger partial charge in [0.2, 0.25) is 0 Å². The molecule has 0 unspecified atom stereocenters. The van der Waals surface area contributed by atoms with Crippen LogP contribution in [0.25, 0.3) is 5.69 Å². The van der Waals surface area contributed by atoms with Gasteiger partial charge in [0.05, 0.1) is 15.7 Å². The molecule has 0 aliphatic heterocycles. The summed E-state index contributed by atoms with van der Waals surface area (Å²) >= 11 is 15.7. The zero-order valence-corrected chi connectivity index (χ0v) is 16.5. The molecule has 0 bridgehead atoms. The van der Waals surface area contributed by atoms with Crippen molar-refractivity contribution in [2.75, 3.05) is 0 Å². The summed E-state index contributed by atoms with van der Waals surface area (Å²) in [6.07, 6.45) is 0. The number of aryl methyl sites for hydroxylation is 1. The number of nitrogens with zero attached hydrogens (tertiary/aromatic N) is 2. The van der Waals surface area contributed by atoms with Gasteiger partial charge in [0, 0.05) is 5.56 Å². The van der Waals surface area contributed by atoms with Crippen molar-refractivity contribution in [3.63, 3.8) is 0 Å². The molecule has 130 valence electrons. The molecule has 1 aromatic heterocycles. The molecule has 2 aromatic carbocycles. The third-order valence-electron chi connectivity index (χ3n) is 3.53. The monoisotopic (exact) mass is 450 g/mol. The van der Waals surface area contributed by atoms with Crippen LogP contribution < -0.4 is 5.56 Å². The molecule has 7 heteroatoms. The van der Waals surface area contributed by atoms with Crippen molar-refractivity contribution in [1.82, 2.24) is 9.55 Å². The van der Waals surface area contributed by atoms with Crippen LogP contribution in [0, 0.1) is 24.6 Å². The molecule has 0 fully saturated rings. The highest BCUT2D eigenvalue weighted by Crippen LogP contribution is 2.28. The first-order valence-corrected chi connectivity index (χ1v) is 8.94. The maximum Gasteiger partial charge on any atom is 0.273 e. The van der Waals surface area contributed by atoms with E-state index in [0.717, 1.165) is 0 Å². The largest absolute Gasteiger partial charge is 0.273 e. The summed E-state index contributed by atoms with van der Waals surface area (Å²) in [6, 6.07) is 10.7. The van der Waals surface area contributed by atoms with E-state index >= 15 is 0 Å². The van der Waals surface area contributed by atoms with Crippen molar-refractivity contribution in [2.24, 2.45) is 0 Å². The van der Waals surface area contributed by atoms with E-state index in [1.54, 1.807) is 37.3 Å². The lowest BCUT2D eigenvalue weighted by molar-refractivity contribution is 0.627. The molecule has 3 nitrogen and oxygen atoms in total. The van der Waals surface area contributed by atoms with Crippen LogP contribution in [-0.2, 0) is 0 Å². The van der Waals surface area contributed by atoms with Gasteiger partial charge in [0.1, 0.15) is 21.8 Å². The maximum atomic E-state index is 13.0. The van der Waals surface area contributed by atoms with Gasteiger partial charge in [-0.05, 0) is 65.2 Å². The van der Waals surface area contributed by atoms with Gasteiger partial charge in [-0.15, -0.1) is 0 Å². The van der Waals surface area contributed by atoms with Crippen LogP contribution >= 0.6 is 39.1 Å². The average Bonchev–Trinajstić information content (AvgIpc) is 2.61.